The Balaban J connectivity index is 1.70. The van der Waals surface area contributed by atoms with Crippen LogP contribution in [0.1, 0.15) is 45.6 Å². The normalized spacial score (nSPS) is 24.5. The molecule has 2 amide bonds. The average Bonchev–Trinajstić information content (AvgIpc) is 3.23. The number of hydrogen-bond acceptors (Lipinski definition) is 4. The highest BCUT2D eigenvalue weighted by molar-refractivity contribution is 9.10. The fourth-order valence-electron chi connectivity index (χ4n) is 4.29. The van der Waals surface area contributed by atoms with Gasteiger partial charge in [-0.15, -0.1) is 0 Å². The van der Waals surface area contributed by atoms with Crippen LogP contribution in [0.2, 0.25) is 0 Å². The molecular formula is C21H29BrFN3O3. The van der Waals surface area contributed by atoms with Crippen LogP contribution in [0, 0.1) is 11.7 Å². The number of amides is 2. The molecule has 2 bridgehead atoms. The number of halogens is 2. The minimum absolute atomic E-state index is 0.0440. The third kappa shape index (κ3) is 5.09. The fraction of sp³-hybridized carbons (Fsp3) is 0.619. The van der Waals surface area contributed by atoms with E-state index in [0.29, 0.717) is 16.5 Å². The predicted octanol–water partition coefficient (Wildman–Crippen LogP) is 3.58. The summed E-state index contributed by atoms with van der Waals surface area (Å²) in [6.07, 6.45) is 2.06. The number of piperidine rings is 1. The predicted molar refractivity (Wildman–Crippen MR) is 112 cm³/mol. The van der Waals surface area contributed by atoms with Crippen molar-refractivity contribution in [3.63, 3.8) is 0 Å². The Morgan fingerprint density at radius 1 is 1.34 bits per heavy atom. The molecular weight excluding hydrogens is 441 g/mol. The van der Waals surface area contributed by atoms with E-state index in [1.807, 2.05) is 20.8 Å². The number of nitrogens with one attached hydrogen (secondary N) is 2. The number of rotatable bonds is 5. The zero-order valence-electron chi connectivity index (χ0n) is 17.3. The van der Waals surface area contributed by atoms with E-state index in [9.17, 15) is 14.0 Å². The third-order valence-corrected chi connectivity index (χ3v) is 6.06. The van der Waals surface area contributed by atoms with Crippen molar-refractivity contribution < 1.29 is 18.7 Å². The van der Waals surface area contributed by atoms with Gasteiger partial charge in [-0.1, -0.05) is 22.0 Å². The van der Waals surface area contributed by atoms with E-state index in [4.69, 9.17) is 4.74 Å². The zero-order valence-corrected chi connectivity index (χ0v) is 18.9. The van der Waals surface area contributed by atoms with Crippen LogP contribution in [0.15, 0.2) is 22.7 Å². The van der Waals surface area contributed by atoms with Gasteiger partial charge < -0.3 is 15.4 Å². The Bertz CT molecular complexity index is 783. The Hall–Kier alpha value is -1.67. The van der Waals surface area contributed by atoms with E-state index in [2.05, 4.69) is 26.6 Å². The molecule has 29 heavy (non-hydrogen) atoms. The van der Waals surface area contributed by atoms with Crippen LogP contribution >= 0.6 is 15.9 Å². The lowest BCUT2D eigenvalue weighted by Crippen LogP contribution is -2.57. The minimum atomic E-state index is -0.618. The topological polar surface area (TPSA) is 70.7 Å². The molecule has 1 aliphatic heterocycles. The maximum Gasteiger partial charge on any atom is 0.411 e. The van der Waals surface area contributed by atoms with E-state index in [1.165, 1.54) is 6.07 Å². The summed E-state index contributed by atoms with van der Waals surface area (Å²) in [5.41, 5.74) is -0.114. The van der Waals surface area contributed by atoms with Gasteiger partial charge in [0, 0.05) is 16.9 Å². The number of likely N-dealkylation sites (tertiary alicyclic amines) is 1. The number of likely N-dealkylation sites (N-methyl/N-ethyl adjacent to an activating group) is 1. The van der Waals surface area contributed by atoms with E-state index in [1.54, 1.807) is 24.1 Å². The third-order valence-electron chi connectivity index (χ3n) is 5.56. The van der Waals surface area contributed by atoms with E-state index >= 15 is 0 Å². The van der Waals surface area contributed by atoms with Crippen LogP contribution in [0.25, 0.3) is 0 Å². The molecule has 2 fully saturated rings. The van der Waals surface area contributed by atoms with Gasteiger partial charge in [0.05, 0.1) is 6.17 Å². The standard InChI is InChI=1S/C21H29BrFN3O3/c1-21(2,3)29-20(28)26-15-8-6-13(9-15)18(26)19(27)25-17(24-4)10-12-5-7-14(22)11-16(12)23/h5,7,11,13,15,17-18,24H,6,8-10H2,1-4H3,(H,25,27)/t13-,15+,17-,18-/m0/s1. The van der Waals surface area contributed by atoms with E-state index in [-0.39, 0.29) is 23.7 Å². The van der Waals surface area contributed by atoms with Crippen LogP contribution in [-0.4, -0.2) is 47.8 Å². The molecule has 160 valence electrons. The molecule has 1 heterocycles. The van der Waals surface area contributed by atoms with Crippen LogP contribution in [-0.2, 0) is 16.0 Å². The number of nitrogens with zero attached hydrogens (tertiary/aromatic N) is 1. The molecule has 0 spiro atoms. The molecule has 6 nitrogen and oxygen atoms in total. The van der Waals surface area contributed by atoms with E-state index < -0.39 is 23.9 Å². The Morgan fingerprint density at radius 3 is 2.69 bits per heavy atom. The highest BCUT2D eigenvalue weighted by Gasteiger charge is 2.52. The first-order valence-electron chi connectivity index (χ1n) is 10.0. The number of benzene rings is 1. The number of hydrogen-bond donors (Lipinski definition) is 2. The second-order valence-electron chi connectivity index (χ2n) is 8.85. The van der Waals surface area contributed by atoms with Crippen LogP contribution in [0.3, 0.4) is 0 Å². The van der Waals surface area contributed by atoms with Crippen LogP contribution < -0.4 is 10.6 Å². The summed E-state index contributed by atoms with van der Waals surface area (Å²) in [6, 6.07) is 4.37. The first-order chi connectivity index (χ1) is 13.6. The van der Waals surface area contributed by atoms with Crippen molar-refractivity contribution in [3.05, 3.63) is 34.1 Å². The lowest BCUT2D eigenvalue weighted by molar-refractivity contribution is -0.128. The van der Waals surface area contributed by atoms with Gasteiger partial charge in [-0.25, -0.2) is 9.18 Å². The maximum absolute atomic E-state index is 14.2. The van der Waals surface area contributed by atoms with Gasteiger partial charge >= 0.3 is 6.09 Å². The van der Waals surface area contributed by atoms with Crippen LogP contribution in [0.5, 0.6) is 0 Å². The molecule has 0 radical (unpaired) electrons. The molecule has 1 aliphatic carbocycles. The highest BCUT2D eigenvalue weighted by atomic mass is 79.9. The van der Waals surface area contributed by atoms with Crippen molar-refractivity contribution in [1.82, 2.24) is 15.5 Å². The zero-order chi connectivity index (χ0) is 21.3. The molecule has 1 aromatic rings. The number of carbonyl (C=O) groups is 2. The molecule has 4 atom stereocenters. The van der Waals surface area contributed by atoms with Crippen molar-refractivity contribution >= 4 is 27.9 Å². The van der Waals surface area contributed by atoms with E-state index in [0.717, 1.165) is 19.3 Å². The Kier molecular flexibility index (Phi) is 6.53. The molecule has 0 unspecified atom stereocenters. The van der Waals surface area contributed by atoms with Crippen molar-refractivity contribution in [2.24, 2.45) is 5.92 Å². The van der Waals surface area contributed by atoms with Gasteiger partial charge in [0.15, 0.2) is 0 Å². The van der Waals surface area contributed by atoms with Crippen molar-refractivity contribution in [1.29, 1.82) is 0 Å². The van der Waals surface area contributed by atoms with Gasteiger partial charge in [0.2, 0.25) is 5.91 Å². The van der Waals surface area contributed by atoms with Crippen molar-refractivity contribution in [3.8, 4) is 0 Å². The van der Waals surface area contributed by atoms with Gasteiger partial charge in [0.25, 0.3) is 0 Å². The molecule has 1 saturated heterocycles. The summed E-state index contributed by atoms with van der Waals surface area (Å²) in [4.78, 5) is 27.5. The molecule has 0 aromatic heterocycles. The summed E-state index contributed by atoms with van der Waals surface area (Å²) in [5.74, 6) is -0.418. The number of carbonyl (C=O) groups excluding carboxylic acids is 2. The first-order valence-corrected chi connectivity index (χ1v) is 10.8. The molecule has 2 N–H and O–H groups in total. The summed E-state index contributed by atoms with van der Waals surface area (Å²) in [6.45, 7) is 5.45. The molecule has 1 saturated carbocycles. The maximum atomic E-state index is 14.2. The lowest BCUT2D eigenvalue weighted by atomic mass is 9.97. The Morgan fingerprint density at radius 2 is 2.07 bits per heavy atom. The quantitative estimate of drug-likeness (QED) is 0.646. The summed E-state index contributed by atoms with van der Waals surface area (Å²) < 4.78 is 20.4. The first kappa shape index (κ1) is 22.0. The summed E-state index contributed by atoms with van der Waals surface area (Å²) in [5, 5.41) is 5.98. The Labute approximate surface area is 179 Å². The largest absolute Gasteiger partial charge is 0.444 e. The second kappa shape index (κ2) is 8.60. The monoisotopic (exact) mass is 469 g/mol. The van der Waals surface area contributed by atoms with Gasteiger partial charge in [-0.05, 0) is 70.7 Å². The number of fused-ring (bicyclic) bond motifs is 2. The number of ether oxygens (including phenoxy) is 1. The van der Waals surface area contributed by atoms with Gasteiger partial charge in [-0.3, -0.25) is 9.69 Å². The van der Waals surface area contributed by atoms with Gasteiger partial charge in [0.1, 0.15) is 17.5 Å². The molecule has 1 aromatic carbocycles. The minimum Gasteiger partial charge on any atom is -0.444 e. The highest BCUT2D eigenvalue weighted by Crippen LogP contribution is 2.43. The molecule has 3 rings (SSSR count). The van der Waals surface area contributed by atoms with Crippen LogP contribution in [0.4, 0.5) is 9.18 Å². The summed E-state index contributed by atoms with van der Waals surface area (Å²) in [7, 11) is 1.72. The molecule has 8 heteroatoms. The summed E-state index contributed by atoms with van der Waals surface area (Å²) >= 11 is 3.25. The second-order valence-corrected chi connectivity index (χ2v) is 9.76. The van der Waals surface area contributed by atoms with Crippen molar-refractivity contribution in [2.75, 3.05) is 7.05 Å². The molecule has 2 aliphatic rings. The average molecular weight is 470 g/mol. The smallest absolute Gasteiger partial charge is 0.411 e. The SMILES string of the molecule is CN[C@H](Cc1ccc(Br)cc1F)NC(=O)[C@@H]1[C@H]2CC[C@H](C2)N1C(=O)OC(C)(C)C. The lowest BCUT2D eigenvalue weighted by Gasteiger charge is -2.36. The van der Waals surface area contributed by atoms with Crippen molar-refractivity contribution in [2.45, 2.75) is 70.3 Å². The van der Waals surface area contributed by atoms with Gasteiger partial charge in [-0.2, -0.15) is 0 Å². The fourth-order valence-corrected chi connectivity index (χ4v) is 4.63.